The maximum atomic E-state index is 12.7. The fourth-order valence-corrected chi connectivity index (χ4v) is 4.44. The number of piperidine rings is 1. The Hall–Kier alpha value is -1.91. The van der Waals surface area contributed by atoms with Gasteiger partial charge in [-0.25, -0.2) is 8.42 Å². The number of benzene rings is 1. The molecule has 0 spiro atoms. The first-order chi connectivity index (χ1) is 10.3. The Morgan fingerprint density at radius 1 is 1.41 bits per heavy atom. The molecule has 1 N–H and O–H groups in total. The molecule has 2 unspecified atom stereocenters. The fourth-order valence-electron chi connectivity index (χ4n) is 2.75. The normalized spacial score (nSPS) is 23.0. The number of hydrogen-bond acceptors (Lipinski definition) is 4. The minimum absolute atomic E-state index is 0.0101. The third-order valence-electron chi connectivity index (χ3n) is 3.93. The fraction of sp³-hybridized carbons (Fsp3) is 0.467. The first-order valence-electron chi connectivity index (χ1n) is 6.99. The third kappa shape index (κ3) is 3.13. The van der Waals surface area contributed by atoms with E-state index in [4.69, 9.17) is 10.4 Å². The van der Waals surface area contributed by atoms with E-state index in [0.29, 0.717) is 24.1 Å². The zero-order valence-corrected chi connectivity index (χ0v) is 13.3. The summed E-state index contributed by atoms with van der Waals surface area (Å²) in [7, 11) is -3.75. The van der Waals surface area contributed by atoms with Gasteiger partial charge in [0.15, 0.2) is 0 Å². The Labute approximate surface area is 130 Å². The summed E-state index contributed by atoms with van der Waals surface area (Å²) in [5.74, 6) is -1.66. The number of carboxylic acid groups (broad SMARTS) is 1. The number of carbonyl (C=O) groups is 1. The number of sulfonamides is 1. The monoisotopic (exact) mass is 322 g/mol. The number of aryl methyl sites for hydroxylation is 1. The molecule has 1 aromatic carbocycles. The molecule has 1 aliphatic rings. The van der Waals surface area contributed by atoms with Gasteiger partial charge in [-0.3, -0.25) is 4.79 Å². The molecule has 0 aromatic heterocycles. The van der Waals surface area contributed by atoms with Gasteiger partial charge >= 0.3 is 5.97 Å². The Morgan fingerprint density at radius 3 is 2.64 bits per heavy atom. The van der Waals surface area contributed by atoms with Gasteiger partial charge in [0.2, 0.25) is 10.0 Å². The van der Waals surface area contributed by atoms with Gasteiger partial charge in [-0.2, -0.15) is 9.57 Å². The third-order valence-corrected chi connectivity index (χ3v) is 5.76. The van der Waals surface area contributed by atoms with Crippen LogP contribution in [0.3, 0.4) is 0 Å². The maximum absolute atomic E-state index is 12.7. The van der Waals surface area contributed by atoms with Crippen LogP contribution in [-0.2, 0) is 14.8 Å². The summed E-state index contributed by atoms with van der Waals surface area (Å²) in [5, 5.41) is 18.1. The van der Waals surface area contributed by atoms with E-state index in [1.807, 2.05) is 13.0 Å². The Kier molecular flexibility index (Phi) is 4.54. The van der Waals surface area contributed by atoms with Gasteiger partial charge < -0.3 is 5.11 Å². The highest BCUT2D eigenvalue weighted by Crippen LogP contribution is 2.27. The Morgan fingerprint density at radius 2 is 2.09 bits per heavy atom. The standard InChI is InChI=1S/C15H18N2O4S/c1-10-5-13(15(18)19)9-17(8-10)22(20,21)14-4-3-12(7-16)11(2)6-14/h3-4,6,10,13H,5,8-9H2,1-2H3,(H,18,19). The molecule has 6 nitrogen and oxygen atoms in total. The van der Waals surface area contributed by atoms with E-state index in [1.54, 1.807) is 6.92 Å². The summed E-state index contributed by atoms with van der Waals surface area (Å²) in [5.41, 5.74) is 1.01. The number of nitriles is 1. The lowest BCUT2D eigenvalue weighted by molar-refractivity contribution is -0.143. The second-order valence-corrected chi connectivity index (χ2v) is 7.72. The van der Waals surface area contributed by atoms with Crippen molar-refractivity contribution >= 4 is 16.0 Å². The lowest BCUT2D eigenvalue weighted by Crippen LogP contribution is -2.45. The summed E-state index contributed by atoms with van der Waals surface area (Å²) in [6.07, 6.45) is 0.480. The van der Waals surface area contributed by atoms with Gasteiger partial charge in [-0.1, -0.05) is 6.92 Å². The predicted octanol–water partition coefficient (Wildman–Crippen LogP) is 1.60. The van der Waals surface area contributed by atoms with E-state index in [-0.39, 0.29) is 17.4 Å². The maximum Gasteiger partial charge on any atom is 0.307 e. The lowest BCUT2D eigenvalue weighted by atomic mass is 9.92. The van der Waals surface area contributed by atoms with Crippen LogP contribution >= 0.6 is 0 Å². The van der Waals surface area contributed by atoms with Gasteiger partial charge in [0, 0.05) is 13.1 Å². The summed E-state index contributed by atoms with van der Waals surface area (Å²) in [4.78, 5) is 11.3. The molecule has 0 radical (unpaired) electrons. The first kappa shape index (κ1) is 16.5. The molecular weight excluding hydrogens is 304 g/mol. The van der Waals surface area contributed by atoms with Crippen LogP contribution in [0.4, 0.5) is 0 Å². The van der Waals surface area contributed by atoms with Crippen LogP contribution in [0.5, 0.6) is 0 Å². The van der Waals surface area contributed by atoms with E-state index in [2.05, 4.69) is 0 Å². The molecule has 1 aromatic rings. The molecule has 0 saturated carbocycles. The van der Waals surface area contributed by atoms with Crippen molar-refractivity contribution in [2.75, 3.05) is 13.1 Å². The molecule has 22 heavy (non-hydrogen) atoms. The number of nitrogens with zero attached hydrogens (tertiary/aromatic N) is 2. The van der Waals surface area contributed by atoms with E-state index >= 15 is 0 Å². The van der Waals surface area contributed by atoms with Crippen molar-refractivity contribution in [3.8, 4) is 6.07 Å². The average Bonchev–Trinajstić information content (AvgIpc) is 2.46. The summed E-state index contributed by atoms with van der Waals surface area (Å²) in [6.45, 7) is 3.82. The average molecular weight is 322 g/mol. The molecular formula is C15H18N2O4S. The number of aliphatic carboxylic acids is 1. The predicted molar refractivity (Wildman–Crippen MR) is 79.6 cm³/mol. The van der Waals surface area contributed by atoms with E-state index in [9.17, 15) is 13.2 Å². The summed E-state index contributed by atoms with van der Waals surface area (Å²) < 4.78 is 26.6. The van der Waals surface area contributed by atoms with Crippen molar-refractivity contribution in [2.24, 2.45) is 11.8 Å². The van der Waals surface area contributed by atoms with Crippen molar-refractivity contribution in [3.05, 3.63) is 29.3 Å². The van der Waals surface area contributed by atoms with Crippen LogP contribution in [0.15, 0.2) is 23.1 Å². The van der Waals surface area contributed by atoms with Crippen LogP contribution in [0, 0.1) is 30.1 Å². The van der Waals surface area contributed by atoms with Gasteiger partial charge in [0.25, 0.3) is 0 Å². The first-order valence-corrected chi connectivity index (χ1v) is 8.43. The van der Waals surface area contributed by atoms with Crippen molar-refractivity contribution in [3.63, 3.8) is 0 Å². The van der Waals surface area contributed by atoms with Crippen LogP contribution in [-0.4, -0.2) is 36.9 Å². The second-order valence-electron chi connectivity index (χ2n) is 5.79. The number of rotatable bonds is 3. The molecule has 2 rings (SSSR count). The van der Waals surface area contributed by atoms with Crippen LogP contribution in [0.1, 0.15) is 24.5 Å². The second kappa shape index (κ2) is 6.07. The molecule has 0 aliphatic carbocycles. The summed E-state index contributed by atoms with van der Waals surface area (Å²) in [6, 6.07) is 6.33. The van der Waals surface area contributed by atoms with E-state index in [1.165, 1.54) is 22.5 Å². The molecule has 1 fully saturated rings. The number of carboxylic acids is 1. The van der Waals surface area contributed by atoms with Crippen molar-refractivity contribution < 1.29 is 18.3 Å². The van der Waals surface area contributed by atoms with Crippen molar-refractivity contribution in [1.82, 2.24) is 4.31 Å². The molecule has 2 atom stereocenters. The topological polar surface area (TPSA) is 98.5 Å². The van der Waals surface area contributed by atoms with Crippen LogP contribution in [0.2, 0.25) is 0 Å². The van der Waals surface area contributed by atoms with E-state index in [0.717, 1.165) is 0 Å². The highest BCUT2D eigenvalue weighted by atomic mass is 32.2. The minimum Gasteiger partial charge on any atom is -0.481 e. The molecule has 7 heteroatoms. The highest BCUT2D eigenvalue weighted by Gasteiger charge is 2.36. The zero-order valence-electron chi connectivity index (χ0n) is 12.5. The summed E-state index contributed by atoms with van der Waals surface area (Å²) >= 11 is 0. The molecule has 0 amide bonds. The number of hydrogen-bond donors (Lipinski definition) is 1. The van der Waals surface area contributed by atoms with Gasteiger partial charge in [0.1, 0.15) is 0 Å². The smallest absolute Gasteiger partial charge is 0.307 e. The highest BCUT2D eigenvalue weighted by molar-refractivity contribution is 7.89. The SMILES string of the molecule is Cc1cc(S(=O)(=O)N2CC(C)CC(C(=O)O)C2)ccc1C#N. The molecule has 1 heterocycles. The van der Waals surface area contributed by atoms with Crippen molar-refractivity contribution in [2.45, 2.75) is 25.2 Å². The van der Waals surface area contributed by atoms with Crippen LogP contribution < -0.4 is 0 Å². The largest absolute Gasteiger partial charge is 0.481 e. The Balaban J connectivity index is 2.35. The van der Waals surface area contributed by atoms with Gasteiger partial charge in [-0.05, 0) is 43.0 Å². The lowest BCUT2D eigenvalue weighted by Gasteiger charge is -2.33. The molecule has 0 bridgehead atoms. The molecule has 1 aliphatic heterocycles. The van der Waals surface area contributed by atoms with Gasteiger partial charge in [-0.15, -0.1) is 0 Å². The quantitative estimate of drug-likeness (QED) is 0.911. The van der Waals surface area contributed by atoms with Crippen molar-refractivity contribution in [1.29, 1.82) is 5.26 Å². The minimum atomic E-state index is -3.75. The van der Waals surface area contributed by atoms with E-state index < -0.39 is 21.9 Å². The molecule has 1 saturated heterocycles. The van der Waals surface area contributed by atoms with Crippen LogP contribution in [0.25, 0.3) is 0 Å². The van der Waals surface area contributed by atoms with Gasteiger partial charge in [0.05, 0.1) is 22.4 Å². The molecule has 118 valence electrons. The zero-order chi connectivity index (χ0) is 16.5. The Bertz CT molecular complexity index is 736.